The van der Waals surface area contributed by atoms with Crippen LogP contribution in [0.3, 0.4) is 0 Å². The number of ether oxygens (including phenoxy) is 1. The minimum Gasteiger partial charge on any atom is -0.481 e. The number of carbonyl (C=O) groups is 1. The van der Waals surface area contributed by atoms with E-state index in [1.165, 1.54) is 6.42 Å². The van der Waals surface area contributed by atoms with Crippen molar-refractivity contribution in [1.82, 2.24) is 4.90 Å². The van der Waals surface area contributed by atoms with Crippen LogP contribution in [-0.2, 0) is 9.53 Å². The third-order valence-electron chi connectivity index (χ3n) is 4.17. The van der Waals surface area contributed by atoms with Gasteiger partial charge in [-0.3, -0.25) is 4.79 Å². The molecule has 1 atom stereocenters. The lowest BCUT2D eigenvalue weighted by Crippen LogP contribution is -2.44. The average molecular weight is 257 g/mol. The van der Waals surface area contributed by atoms with Crippen molar-refractivity contribution in [2.45, 2.75) is 52.1 Å². The number of carboxylic acids is 1. The third kappa shape index (κ3) is 3.95. The Hall–Kier alpha value is -0.610. The molecule has 0 radical (unpaired) electrons. The molecule has 4 heteroatoms. The van der Waals surface area contributed by atoms with Crippen molar-refractivity contribution in [2.24, 2.45) is 5.41 Å². The topological polar surface area (TPSA) is 49.8 Å². The van der Waals surface area contributed by atoms with Crippen LogP contribution in [0.4, 0.5) is 0 Å². The minimum absolute atomic E-state index is 0.281. The van der Waals surface area contributed by atoms with Crippen molar-refractivity contribution in [3.8, 4) is 0 Å². The van der Waals surface area contributed by atoms with E-state index in [0.29, 0.717) is 19.4 Å². The zero-order valence-corrected chi connectivity index (χ0v) is 11.9. The molecular weight excluding hydrogens is 230 g/mol. The lowest BCUT2D eigenvalue weighted by molar-refractivity contribution is -0.151. The molecule has 0 saturated carbocycles. The van der Waals surface area contributed by atoms with Crippen molar-refractivity contribution in [1.29, 1.82) is 0 Å². The number of rotatable bonds is 7. The number of likely N-dealkylation sites (N-methyl/N-ethyl adjacent to an activating group) is 1. The zero-order chi connectivity index (χ0) is 13.6. The number of aliphatic carboxylic acids is 1. The Morgan fingerprint density at radius 1 is 1.39 bits per heavy atom. The molecule has 0 amide bonds. The van der Waals surface area contributed by atoms with E-state index in [1.54, 1.807) is 0 Å². The summed E-state index contributed by atoms with van der Waals surface area (Å²) >= 11 is 0. The summed E-state index contributed by atoms with van der Waals surface area (Å²) < 4.78 is 5.70. The first-order valence-electron chi connectivity index (χ1n) is 7.07. The fourth-order valence-corrected chi connectivity index (χ4v) is 2.72. The lowest BCUT2D eigenvalue weighted by atomic mass is 9.82. The summed E-state index contributed by atoms with van der Waals surface area (Å²) in [6.45, 7) is 6.22. The molecule has 0 aromatic rings. The SMILES string of the molecule is CCC(CC)(CN(C)CC1CCCCO1)C(=O)O. The predicted molar refractivity (Wildman–Crippen MR) is 71.7 cm³/mol. The van der Waals surface area contributed by atoms with Crippen molar-refractivity contribution in [2.75, 3.05) is 26.7 Å². The van der Waals surface area contributed by atoms with Gasteiger partial charge in [-0.05, 0) is 39.2 Å². The Balaban J connectivity index is 2.50. The van der Waals surface area contributed by atoms with Crippen molar-refractivity contribution in [3.05, 3.63) is 0 Å². The van der Waals surface area contributed by atoms with E-state index in [1.807, 2.05) is 20.9 Å². The second-order valence-corrected chi connectivity index (χ2v) is 5.48. The summed E-state index contributed by atoms with van der Waals surface area (Å²) in [5.41, 5.74) is -0.608. The highest BCUT2D eigenvalue weighted by atomic mass is 16.5. The Kier molecular flexibility index (Phi) is 6.09. The van der Waals surface area contributed by atoms with Crippen molar-refractivity contribution < 1.29 is 14.6 Å². The van der Waals surface area contributed by atoms with Crippen LogP contribution in [0.25, 0.3) is 0 Å². The maximum atomic E-state index is 11.5. The summed E-state index contributed by atoms with van der Waals surface area (Å²) in [5.74, 6) is -0.677. The molecule has 0 aliphatic carbocycles. The van der Waals surface area contributed by atoms with Gasteiger partial charge < -0.3 is 14.7 Å². The largest absolute Gasteiger partial charge is 0.481 e. The van der Waals surface area contributed by atoms with Gasteiger partial charge in [-0.25, -0.2) is 0 Å². The second-order valence-electron chi connectivity index (χ2n) is 5.48. The minimum atomic E-state index is -0.677. The molecule has 0 aromatic carbocycles. The molecule has 1 saturated heterocycles. The van der Waals surface area contributed by atoms with Crippen molar-refractivity contribution >= 4 is 5.97 Å². The van der Waals surface area contributed by atoms with Gasteiger partial charge in [0.25, 0.3) is 0 Å². The molecule has 1 N–H and O–H groups in total. The van der Waals surface area contributed by atoms with Crippen LogP contribution in [0.1, 0.15) is 46.0 Å². The number of nitrogens with zero attached hydrogens (tertiary/aromatic N) is 1. The predicted octanol–water partition coefficient (Wildman–Crippen LogP) is 2.38. The summed E-state index contributed by atoms with van der Waals surface area (Å²) in [5, 5.41) is 9.42. The maximum absolute atomic E-state index is 11.5. The molecule has 0 spiro atoms. The van der Waals surface area contributed by atoms with Crippen LogP contribution in [0.2, 0.25) is 0 Å². The van der Waals surface area contributed by atoms with Crippen LogP contribution in [0, 0.1) is 5.41 Å². The fourth-order valence-electron chi connectivity index (χ4n) is 2.72. The first-order valence-corrected chi connectivity index (χ1v) is 7.07. The van der Waals surface area contributed by atoms with E-state index < -0.39 is 11.4 Å². The highest BCUT2D eigenvalue weighted by Crippen LogP contribution is 2.28. The highest BCUT2D eigenvalue weighted by Gasteiger charge is 2.36. The van der Waals surface area contributed by atoms with E-state index in [4.69, 9.17) is 4.74 Å². The summed E-state index contributed by atoms with van der Waals surface area (Å²) in [6.07, 6.45) is 5.11. The first-order chi connectivity index (χ1) is 8.54. The van der Waals surface area contributed by atoms with Crippen LogP contribution < -0.4 is 0 Å². The van der Waals surface area contributed by atoms with E-state index in [9.17, 15) is 9.90 Å². The van der Waals surface area contributed by atoms with Gasteiger partial charge in [0.1, 0.15) is 0 Å². The molecule has 1 unspecified atom stereocenters. The van der Waals surface area contributed by atoms with Crippen LogP contribution in [0.5, 0.6) is 0 Å². The Morgan fingerprint density at radius 2 is 2.06 bits per heavy atom. The number of carboxylic acid groups (broad SMARTS) is 1. The molecule has 1 aliphatic rings. The molecule has 1 aliphatic heterocycles. The van der Waals surface area contributed by atoms with Gasteiger partial charge in [0.15, 0.2) is 0 Å². The zero-order valence-electron chi connectivity index (χ0n) is 11.9. The molecule has 4 nitrogen and oxygen atoms in total. The van der Waals surface area contributed by atoms with Gasteiger partial charge in [-0.2, -0.15) is 0 Å². The summed E-state index contributed by atoms with van der Waals surface area (Å²) in [7, 11) is 2.00. The number of hydrogen-bond donors (Lipinski definition) is 1. The molecule has 18 heavy (non-hydrogen) atoms. The molecule has 0 aromatic heterocycles. The van der Waals surface area contributed by atoms with Gasteiger partial charge >= 0.3 is 5.97 Å². The van der Waals surface area contributed by atoms with Gasteiger partial charge in [0, 0.05) is 19.7 Å². The Labute approximate surface area is 110 Å². The van der Waals surface area contributed by atoms with Crippen LogP contribution in [0.15, 0.2) is 0 Å². The summed E-state index contributed by atoms with van der Waals surface area (Å²) in [6, 6.07) is 0. The van der Waals surface area contributed by atoms with E-state index >= 15 is 0 Å². The van der Waals surface area contributed by atoms with Crippen LogP contribution in [-0.4, -0.2) is 48.8 Å². The summed E-state index contributed by atoms with van der Waals surface area (Å²) in [4.78, 5) is 13.6. The molecular formula is C14H27NO3. The molecule has 1 rings (SSSR count). The van der Waals surface area contributed by atoms with Crippen molar-refractivity contribution in [3.63, 3.8) is 0 Å². The highest BCUT2D eigenvalue weighted by molar-refractivity contribution is 5.74. The molecule has 106 valence electrons. The second kappa shape index (κ2) is 7.10. The normalized spacial score (nSPS) is 21.2. The average Bonchev–Trinajstić information content (AvgIpc) is 2.37. The lowest BCUT2D eigenvalue weighted by Gasteiger charge is -2.34. The quantitative estimate of drug-likeness (QED) is 0.760. The van der Waals surface area contributed by atoms with Gasteiger partial charge in [-0.15, -0.1) is 0 Å². The van der Waals surface area contributed by atoms with E-state index in [-0.39, 0.29) is 6.10 Å². The molecule has 0 bridgehead atoms. The van der Waals surface area contributed by atoms with Gasteiger partial charge in [-0.1, -0.05) is 13.8 Å². The molecule has 1 fully saturated rings. The smallest absolute Gasteiger partial charge is 0.310 e. The number of hydrogen-bond acceptors (Lipinski definition) is 3. The Bertz CT molecular complexity index is 258. The van der Waals surface area contributed by atoms with Gasteiger partial charge in [0.2, 0.25) is 0 Å². The van der Waals surface area contributed by atoms with Gasteiger partial charge in [0.05, 0.1) is 11.5 Å². The monoisotopic (exact) mass is 257 g/mol. The molecule has 1 heterocycles. The van der Waals surface area contributed by atoms with E-state index in [2.05, 4.69) is 4.90 Å². The Morgan fingerprint density at radius 3 is 2.50 bits per heavy atom. The third-order valence-corrected chi connectivity index (χ3v) is 4.17. The van der Waals surface area contributed by atoms with E-state index in [0.717, 1.165) is 26.0 Å². The fraction of sp³-hybridized carbons (Fsp3) is 0.929. The van der Waals surface area contributed by atoms with Crippen LogP contribution >= 0.6 is 0 Å². The first kappa shape index (κ1) is 15.4. The maximum Gasteiger partial charge on any atom is 0.310 e. The standard InChI is InChI=1S/C14H27NO3/c1-4-14(5-2,13(16)17)11-15(3)10-12-8-6-7-9-18-12/h12H,4-11H2,1-3H3,(H,16,17).